The molecule has 0 saturated carbocycles. The fraction of sp³-hybridized carbons (Fsp3) is 0.760. The monoisotopic (exact) mass is 914 g/mol. The maximum atomic E-state index is 14.4. The number of fused-ring (bicyclic) bond motifs is 2. The SMILES string of the molecule is CC[C@H](C)[C@H]1O[C@]2(C=C[C@@H]1C)C[C@@H]1C[C@@H](C/C=C(\C)[C@@H](O[C@H]3C[C@H](OC)[C@@H](O[C@H]4C[C@H](OC)[C@@H](NC(C)=O)[C@H](C)O4)[C@H](C)O3)[C@@H](C)/C=C/C=C3\CO[C@@H]4[C@H](O)C(C)=C[C@@H](C(=O)O1)[C@]34O)O2. The Bertz CT molecular complexity index is 1850. The minimum absolute atomic E-state index is 0.0270. The highest BCUT2D eigenvalue weighted by atomic mass is 16.7. The molecule has 7 aliphatic rings. The maximum absolute atomic E-state index is 14.4. The molecule has 6 heterocycles. The average Bonchev–Trinajstić information content (AvgIpc) is 3.61. The number of nitrogens with one attached hydrogen (secondary N) is 1. The van der Waals surface area contributed by atoms with Crippen molar-refractivity contribution in [1.29, 1.82) is 0 Å². The van der Waals surface area contributed by atoms with Crippen LogP contribution in [0.5, 0.6) is 0 Å². The lowest BCUT2D eigenvalue weighted by Crippen LogP contribution is -2.58. The molecular weight excluding hydrogens is 839 g/mol. The molecule has 0 aromatic carbocycles. The van der Waals surface area contributed by atoms with Gasteiger partial charge >= 0.3 is 5.97 Å². The Morgan fingerprint density at radius 1 is 0.938 bits per heavy atom. The van der Waals surface area contributed by atoms with Gasteiger partial charge in [-0.25, -0.2) is 0 Å². The van der Waals surface area contributed by atoms with Gasteiger partial charge in [0, 0.05) is 58.7 Å². The number of amides is 1. The van der Waals surface area contributed by atoms with Gasteiger partial charge in [0.1, 0.15) is 35.9 Å². The fourth-order valence-electron chi connectivity index (χ4n) is 11.0. The van der Waals surface area contributed by atoms with Crippen LogP contribution < -0.4 is 5.32 Å². The molecule has 1 spiro atoms. The largest absolute Gasteiger partial charge is 0.462 e. The summed E-state index contributed by atoms with van der Waals surface area (Å²) in [4.78, 5) is 26.3. The highest BCUT2D eigenvalue weighted by Gasteiger charge is 2.60. The highest BCUT2D eigenvalue weighted by Crippen LogP contribution is 2.47. The molecule has 0 unspecified atom stereocenters. The van der Waals surface area contributed by atoms with Gasteiger partial charge in [0.2, 0.25) is 5.91 Å². The van der Waals surface area contributed by atoms with Crippen LogP contribution in [0, 0.1) is 23.7 Å². The first kappa shape index (κ1) is 50.1. The second-order valence-electron chi connectivity index (χ2n) is 19.7. The van der Waals surface area contributed by atoms with Crippen molar-refractivity contribution in [3.8, 4) is 0 Å². The number of ether oxygens (including phenoxy) is 10. The van der Waals surface area contributed by atoms with Gasteiger partial charge in [-0.3, -0.25) is 9.59 Å². The molecule has 1 aliphatic carbocycles. The summed E-state index contributed by atoms with van der Waals surface area (Å²) in [6.07, 6.45) is 9.46. The Kier molecular flexibility index (Phi) is 16.0. The molecule has 1 amide bonds. The molecule has 20 atom stereocenters. The minimum atomic E-state index is -1.84. The van der Waals surface area contributed by atoms with Crippen molar-refractivity contribution in [2.24, 2.45) is 23.7 Å². The molecule has 6 aliphatic heterocycles. The minimum Gasteiger partial charge on any atom is -0.462 e. The van der Waals surface area contributed by atoms with E-state index >= 15 is 0 Å². The van der Waals surface area contributed by atoms with Crippen LogP contribution in [-0.2, 0) is 57.0 Å². The number of aliphatic hydroxyl groups excluding tert-OH is 1. The number of carbonyl (C=O) groups is 2. The fourth-order valence-corrected chi connectivity index (χ4v) is 11.0. The second-order valence-corrected chi connectivity index (χ2v) is 19.7. The average molecular weight is 914 g/mol. The van der Waals surface area contributed by atoms with E-state index in [1.807, 2.05) is 39.0 Å². The molecule has 4 fully saturated rings. The van der Waals surface area contributed by atoms with E-state index in [2.05, 4.69) is 45.2 Å². The van der Waals surface area contributed by atoms with Crippen LogP contribution in [0.1, 0.15) is 101 Å². The van der Waals surface area contributed by atoms with Crippen LogP contribution in [-0.4, -0.2) is 140 Å². The molecule has 0 aromatic rings. The Balaban J connectivity index is 1.16. The van der Waals surface area contributed by atoms with Crippen LogP contribution in [0.4, 0.5) is 0 Å². The predicted octanol–water partition coefficient (Wildman–Crippen LogP) is 5.52. The smallest absolute Gasteiger partial charge is 0.316 e. The maximum Gasteiger partial charge on any atom is 0.316 e. The van der Waals surface area contributed by atoms with E-state index in [4.69, 9.17) is 47.4 Å². The normalized spacial score (nSPS) is 47.3. The number of carbonyl (C=O) groups excluding carboxylic acids is 2. The first-order chi connectivity index (χ1) is 30.9. The van der Waals surface area contributed by atoms with Gasteiger partial charge in [-0.2, -0.15) is 0 Å². The van der Waals surface area contributed by atoms with E-state index in [0.29, 0.717) is 36.8 Å². The molecule has 15 nitrogen and oxygen atoms in total. The van der Waals surface area contributed by atoms with Crippen molar-refractivity contribution in [2.45, 2.75) is 198 Å². The number of methoxy groups -OCH3 is 2. The summed E-state index contributed by atoms with van der Waals surface area (Å²) in [6, 6.07) is -0.315. The van der Waals surface area contributed by atoms with Crippen molar-refractivity contribution in [3.63, 3.8) is 0 Å². The summed E-state index contributed by atoms with van der Waals surface area (Å²) in [6.45, 7) is 17.7. The lowest BCUT2D eigenvalue weighted by molar-refractivity contribution is -0.311. The molecule has 2 bridgehead atoms. The molecule has 7 rings (SSSR count). The van der Waals surface area contributed by atoms with Crippen LogP contribution in [0.3, 0.4) is 0 Å². The van der Waals surface area contributed by atoms with Crippen LogP contribution in [0.25, 0.3) is 0 Å². The van der Waals surface area contributed by atoms with Gasteiger partial charge in [-0.15, -0.1) is 0 Å². The lowest BCUT2D eigenvalue weighted by Gasteiger charge is -2.48. The van der Waals surface area contributed by atoms with E-state index in [0.717, 1.165) is 12.0 Å². The third kappa shape index (κ3) is 10.6. The molecule has 0 aromatic heterocycles. The van der Waals surface area contributed by atoms with Crippen LogP contribution >= 0.6 is 0 Å². The summed E-state index contributed by atoms with van der Waals surface area (Å²) in [5.41, 5.74) is 0.116. The molecule has 3 N–H and O–H groups in total. The van der Waals surface area contributed by atoms with E-state index < -0.39 is 84.7 Å². The summed E-state index contributed by atoms with van der Waals surface area (Å²) in [5, 5.41) is 26.7. The topological polar surface area (TPSA) is 179 Å². The van der Waals surface area contributed by atoms with E-state index in [-0.39, 0.29) is 61.0 Å². The zero-order valence-corrected chi connectivity index (χ0v) is 40.2. The Hall–Kier alpha value is -2.80. The predicted molar refractivity (Wildman–Crippen MR) is 239 cm³/mol. The molecule has 65 heavy (non-hydrogen) atoms. The van der Waals surface area contributed by atoms with Gasteiger partial charge in [0.05, 0.1) is 55.4 Å². The van der Waals surface area contributed by atoms with Gasteiger partial charge in [-0.1, -0.05) is 70.6 Å². The number of esters is 1. The standard InChI is InChI=1S/C50H75NO14/c1-12-26(2)45-29(5)18-19-49(65-45)24-36-21-35(64-49)17-16-28(4)44(27(3)14-13-15-34-25-58-47-43(53)30(6)20-37(48(54)61-36)50(34,47)55)62-41-23-39(57-11)46(32(8)60-41)63-40-22-38(56-10)42(31(7)59-40)51-33(9)52/h13-16,18-20,26-27,29,31-32,35-47,53,55H,12,17,21-25H2,1-11H3,(H,51,52)/b14-13+,28-16+,34-15+/t26-,27-,29-,31-,32-,35+,36-,37-,38-,39-,40-,41-,42-,43+,44-,45+,46-,47+,49+,50+/m0/s1. The quantitative estimate of drug-likeness (QED) is 0.195. The van der Waals surface area contributed by atoms with E-state index in [1.165, 1.54) is 6.92 Å². The number of aliphatic hydroxyl groups is 2. The van der Waals surface area contributed by atoms with E-state index in [9.17, 15) is 19.8 Å². The summed E-state index contributed by atoms with van der Waals surface area (Å²) in [5.74, 6) is -2.75. The number of hydrogen-bond acceptors (Lipinski definition) is 14. The molecule has 364 valence electrons. The first-order valence-corrected chi connectivity index (χ1v) is 23.8. The second kappa shape index (κ2) is 20.8. The Morgan fingerprint density at radius 3 is 2.35 bits per heavy atom. The number of hydrogen-bond donors (Lipinski definition) is 3. The lowest BCUT2D eigenvalue weighted by atomic mass is 9.71. The van der Waals surface area contributed by atoms with Gasteiger partial charge in [0.25, 0.3) is 0 Å². The first-order valence-electron chi connectivity index (χ1n) is 23.8. The Labute approximate surface area is 385 Å². The Morgan fingerprint density at radius 2 is 1.65 bits per heavy atom. The van der Waals surface area contributed by atoms with Gasteiger partial charge in [0.15, 0.2) is 18.4 Å². The van der Waals surface area contributed by atoms with Crippen molar-refractivity contribution in [3.05, 3.63) is 59.3 Å². The van der Waals surface area contributed by atoms with Crippen LogP contribution in [0.15, 0.2) is 59.3 Å². The highest BCUT2D eigenvalue weighted by molar-refractivity contribution is 5.78. The molecule has 0 radical (unpaired) electrons. The summed E-state index contributed by atoms with van der Waals surface area (Å²) in [7, 11) is 3.27. The third-order valence-corrected chi connectivity index (χ3v) is 14.9. The van der Waals surface area contributed by atoms with Gasteiger partial charge < -0.3 is 62.9 Å². The zero-order valence-electron chi connectivity index (χ0n) is 40.2. The summed E-state index contributed by atoms with van der Waals surface area (Å²) >= 11 is 0. The van der Waals surface area contributed by atoms with Crippen molar-refractivity contribution >= 4 is 11.9 Å². The third-order valence-electron chi connectivity index (χ3n) is 14.9. The van der Waals surface area contributed by atoms with Crippen molar-refractivity contribution in [1.82, 2.24) is 5.32 Å². The van der Waals surface area contributed by atoms with Gasteiger partial charge in [-0.05, 0) is 62.8 Å². The molecule has 15 heteroatoms. The number of allylic oxidation sites excluding steroid dienone is 2. The number of rotatable bonds is 9. The molecular formula is C50H75NO14. The van der Waals surface area contributed by atoms with Crippen LogP contribution in [0.2, 0.25) is 0 Å². The van der Waals surface area contributed by atoms with Crippen molar-refractivity contribution < 1.29 is 67.2 Å². The van der Waals surface area contributed by atoms with E-state index in [1.54, 1.807) is 33.3 Å². The zero-order chi connectivity index (χ0) is 47.0. The van der Waals surface area contributed by atoms with Crippen molar-refractivity contribution in [2.75, 3.05) is 20.8 Å². The molecule has 4 saturated heterocycles. The summed E-state index contributed by atoms with van der Waals surface area (Å²) < 4.78 is 64.4.